The Kier molecular flexibility index (Phi) is 6.10. The van der Waals surface area contributed by atoms with E-state index in [1.165, 1.54) is 0 Å². The van der Waals surface area contributed by atoms with Gasteiger partial charge in [-0.2, -0.15) is 0 Å². The monoisotopic (exact) mass is 433 g/mol. The molecule has 0 saturated heterocycles. The first-order valence-electron chi connectivity index (χ1n) is 6.56. The van der Waals surface area contributed by atoms with Crippen molar-refractivity contribution in [1.82, 2.24) is 0 Å². The molecule has 0 amide bonds. The first-order valence-corrected chi connectivity index (χ1v) is 8.96. The van der Waals surface area contributed by atoms with Gasteiger partial charge in [-0.15, -0.1) is 11.3 Å². The van der Waals surface area contributed by atoms with Crippen molar-refractivity contribution in [1.29, 1.82) is 0 Å². The maximum atomic E-state index is 6.24. The lowest BCUT2D eigenvalue weighted by Gasteiger charge is -2.24. The highest BCUT2D eigenvalue weighted by Gasteiger charge is 2.23. The number of hydrogen-bond acceptors (Lipinski definition) is 4. The topological polar surface area (TPSA) is 44.5 Å². The van der Waals surface area contributed by atoms with E-state index in [0.717, 1.165) is 31.1 Å². The van der Waals surface area contributed by atoms with Gasteiger partial charge < -0.3 is 15.2 Å². The Bertz CT molecular complexity index is 603. The van der Waals surface area contributed by atoms with Crippen LogP contribution in [0, 0.1) is 0 Å². The second-order valence-corrected chi connectivity index (χ2v) is 7.90. The lowest BCUT2D eigenvalue weighted by molar-refractivity contribution is 0.173. The summed E-state index contributed by atoms with van der Waals surface area (Å²) in [6, 6.07) is 9.65. The van der Waals surface area contributed by atoms with E-state index >= 15 is 0 Å². The maximum absolute atomic E-state index is 6.24. The van der Waals surface area contributed by atoms with Crippen LogP contribution in [0.15, 0.2) is 38.6 Å². The van der Waals surface area contributed by atoms with Crippen LogP contribution in [-0.2, 0) is 0 Å². The molecular weight excluding hydrogens is 418 g/mol. The van der Waals surface area contributed by atoms with E-state index in [4.69, 9.17) is 15.2 Å². The summed E-state index contributed by atoms with van der Waals surface area (Å²) < 4.78 is 13.3. The van der Waals surface area contributed by atoms with E-state index in [1.54, 1.807) is 18.4 Å². The SMILES string of the molecule is CCC(N)C(Oc1ccc(OC)cc1Br)c1ccc(Br)s1. The highest BCUT2D eigenvalue weighted by Crippen LogP contribution is 2.36. The zero-order valence-electron chi connectivity index (χ0n) is 11.8. The predicted octanol–water partition coefficient (Wildman–Crippen LogP) is 5.14. The first-order chi connectivity index (χ1) is 10.0. The van der Waals surface area contributed by atoms with Gasteiger partial charge in [0.15, 0.2) is 0 Å². The summed E-state index contributed by atoms with van der Waals surface area (Å²) >= 11 is 8.64. The number of hydrogen-bond donors (Lipinski definition) is 1. The largest absolute Gasteiger partial charge is 0.497 e. The maximum Gasteiger partial charge on any atom is 0.148 e. The molecule has 0 aliphatic heterocycles. The van der Waals surface area contributed by atoms with Crippen molar-refractivity contribution in [3.8, 4) is 11.5 Å². The van der Waals surface area contributed by atoms with E-state index in [-0.39, 0.29) is 12.1 Å². The van der Waals surface area contributed by atoms with Gasteiger partial charge in [0.1, 0.15) is 17.6 Å². The molecule has 0 bridgehead atoms. The molecule has 0 aliphatic carbocycles. The average molecular weight is 435 g/mol. The second kappa shape index (κ2) is 7.63. The molecule has 0 fully saturated rings. The highest BCUT2D eigenvalue weighted by atomic mass is 79.9. The van der Waals surface area contributed by atoms with Crippen molar-refractivity contribution >= 4 is 43.2 Å². The van der Waals surface area contributed by atoms with Crippen LogP contribution >= 0.6 is 43.2 Å². The van der Waals surface area contributed by atoms with Crippen LogP contribution in [0.3, 0.4) is 0 Å². The molecule has 2 N–H and O–H groups in total. The van der Waals surface area contributed by atoms with Gasteiger partial charge in [0.25, 0.3) is 0 Å². The molecular formula is C15H17Br2NO2S. The molecule has 0 aliphatic rings. The van der Waals surface area contributed by atoms with E-state index in [1.807, 2.05) is 30.3 Å². The Hall–Kier alpha value is -0.560. The zero-order valence-corrected chi connectivity index (χ0v) is 15.8. The normalized spacial score (nSPS) is 13.8. The fraction of sp³-hybridized carbons (Fsp3) is 0.333. The molecule has 2 aromatic rings. The minimum Gasteiger partial charge on any atom is -0.497 e. The average Bonchev–Trinajstić information content (AvgIpc) is 2.91. The van der Waals surface area contributed by atoms with E-state index in [9.17, 15) is 0 Å². The van der Waals surface area contributed by atoms with Crippen LogP contribution in [0.1, 0.15) is 24.3 Å². The van der Waals surface area contributed by atoms with Crippen molar-refractivity contribution in [3.63, 3.8) is 0 Å². The zero-order chi connectivity index (χ0) is 15.4. The van der Waals surface area contributed by atoms with Crippen LogP contribution in [0.5, 0.6) is 11.5 Å². The van der Waals surface area contributed by atoms with Gasteiger partial charge in [-0.25, -0.2) is 0 Å². The molecule has 3 nitrogen and oxygen atoms in total. The molecule has 0 radical (unpaired) electrons. The van der Waals surface area contributed by atoms with Crippen LogP contribution in [0.2, 0.25) is 0 Å². The van der Waals surface area contributed by atoms with Gasteiger partial charge in [-0.1, -0.05) is 6.92 Å². The summed E-state index contributed by atoms with van der Waals surface area (Å²) in [5.74, 6) is 1.54. The van der Waals surface area contributed by atoms with Crippen LogP contribution in [0.25, 0.3) is 0 Å². The van der Waals surface area contributed by atoms with Crippen LogP contribution < -0.4 is 15.2 Å². The van der Waals surface area contributed by atoms with Gasteiger partial charge in [0.05, 0.1) is 15.4 Å². The Morgan fingerprint density at radius 3 is 2.52 bits per heavy atom. The van der Waals surface area contributed by atoms with Gasteiger partial charge in [0, 0.05) is 10.9 Å². The Morgan fingerprint density at radius 2 is 2.00 bits per heavy atom. The summed E-state index contributed by atoms with van der Waals surface area (Å²) in [5, 5.41) is 0. The first kappa shape index (κ1) is 16.8. The van der Waals surface area contributed by atoms with Crippen molar-refractivity contribution in [3.05, 3.63) is 43.5 Å². The van der Waals surface area contributed by atoms with Crippen molar-refractivity contribution < 1.29 is 9.47 Å². The van der Waals surface area contributed by atoms with E-state index in [2.05, 4.69) is 38.8 Å². The molecule has 2 rings (SSSR count). The van der Waals surface area contributed by atoms with E-state index in [0.29, 0.717) is 0 Å². The van der Waals surface area contributed by atoms with Crippen LogP contribution in [-0.4, -0.2) is 13.2 Å². The number of halogens is 2. The third kappa shape index (κ3) is 4.22. The molecule has 1 aromatic heterocycles. The van der Waals surface area contributed by atoms with Crippen molar-refractivity contribution in [2.45, 2.75) is 25.5 Å². The molecule has 21 heavy (non-hydrogen) atoms. The summed E-state index contributed by atoms with van der Waals surface area (Å²) in [6.07, 6.45) is 0.671. The Labute approximate surface area is 145 Å². The number of rotatable bonds is 6. The van der Waals surface area contributed by atoms with E-state index < -0.39 is 0 Å². The van der Waals surface area contributed by atoms with Gasteiger partial charge in [-0.05, 0) is 68.6 Å². The summed E-state index contributed by atoms with van der Waals surface area (Å²) in [6.45, 7) is 2.06. The predicted molar refractivity (Wildman–Crippen MR) is 94.3 cm³/mol. The Morgan fingerprint density at radius 1 is 1.24 bits per heavy atom. The third-order valence-corrected chi connectivity index (χ3v) is 5.43. The Balaban J connectivity index is 2.27. The smallest absolute Gasteiger partial charge is 0.148 e. The summed E-state index contributed by atoms with van der Waals surface area (Å²) in [7, 11) is 1.64. The molecule has 114 valence electrons. The third-order valence-electron chi connectivity index (χ3n) is 3.13. The van der Waals surface area contributed by atoms with Gasteiger partial charge >= 0.3 is 0 Å². The highest BCUT2D eigenvalue weighted by molar-refractivity contribution is 9.11. The minimum atomic E-state index is -0.170. The fourth-order valence-corrected chi connectivity index (χ4v) is 3.87. The van der Waals surface area contributed by atoms with Crippen LogP contribution in [0.4, 0.5) is 0 Å². The molecule has 0 saturated carbocycles. The quantitative estimate of drug-likeness (QED) is 0.684. The van der Waals surface area contributed by atoms with Crippen molar-refractivity contribution in [2.75, 3.05) is 7.11 Å². The molecule has 6 heteroatoms. The lowest BCUT2D eigenvalue weighted by atomic mass is 10.1. The molecule has 0 spiro atoms. The minimum absolute atomic E-state index is 0.0652. The lowest BCUT2D eigenvalue weighted by Crippen LogP contribution is -2.31. The number of methoxy groups -OCH3 is 1. The number of nitrogens with two attached hydrogens (primary N) is 1. The fourth-order valence-electron chi connectivity index (χ4n) is 1.89. The van der Waals surface area contributed by atoms with Gasteiger partial charge in [-0.3, -0.25) is 0 Å². The summed E-state index contributed by atoms with van der Waals surface area (Å²) in [5.41, 5.74) is 6.24. The molecule has 1 heterocycles. The standard InChI is InChI=1S/C15H17Br2NO2S/c1-3-11(18)15(13-6-7-14(17)21-13)20-12-5-4-9(19-2)8-10(12)16/h4-8,11,15H,3,18H2,1-2H3. The number of benzene rings is 1. The van der Waals surface area contributed by atoms with Crippen molar-refractivity contribution in [2.24, 2.45) is 5.73 Å². The number of ether oxygens (including phenoxy) is 2. The molecule has 1 aromatic carbocycles. The number of thiophene rings is 1. The van der Waals surface area contributed by atoms with Gasteiger partial charge in [0.2, 0.25) is 0 Å². The molecule has 2 atom stereocenters. The summed E-state index contributed by atoms with van der Waals surface area (Å²) in [4.78, 5) is 1.11. The molecule has 2 unspecified atom stereocenters. The second-order valence-electron chi connectivity index (χ2n) is 4.55.